The molecule has 7 heteroatoms. The Hall–Kier alpha value is -2.07. The van der Waals surface area contributed by atoms with Crippen molar-refractivity contribution in [2.45, 2.75) is 48.0 Å². The number of nitriles is 1. The summed E-state index contributed by atoms with van der Waals surface area (Å²) in [5.74, 6) is -0.271. The van der Waals surface area contributed by atoms with Gasteiger partial charge in [-0.05, 0) is 27.7 Å². The van der Waals surface area contributed by atoms with Crippen molar-refractivity contribution >= 4 is 11.9 Å². The lowest BCUT2D eigenvalue weighted by molar-refractivity contribution is -0.143. The first kappa shape index (κ1) is 29.0. The summed E-state index contributed by atoms with van der Waals surface area (Å²) in [6, 6.07) is 1.68. The fourth-order valence-corrected chi connectivity index (χ4v) is 0.905. The first-order valence-electron chi connectivity index (χ1n) is 7.02. The average molecular weight is 333 g/mol. The summed E-state index contributed by atoms with van der Waals surface area (Å²) >= 11 is 0. The molecule has 0 aliphatic carbocycles. The van der Waals surface area contributed by atoms with Crippen LogP contribution in [0.15, 0.2) is 12.3 Å². The SMILES string of the molecule is C.C=C(CC(=O)OCC)OCC.CCO.CCOC(=O)CC#N. The Bertz CT molecular complexity index is 320. The van der Waals surface area contributed by atoms with Crippen LogP contribution in [0, 0.1) is 11.3 Å². The number of aliphatic hydroxyl groups excluding tert-OH is 1. The van der Waals surface area contributed by atoms with Gasteiger partial charge in [0.1, 0.15) is 12.8 Å². The van der Waals surface area contributed by atoms with Gasteiger partial charge in [0, 0.05) is 6.61 Å². The molecule has 0 unspecified atom stereocenters. The Morgan fingerprint density at radius 3 is 1.74 bits per heavy atom. The van der Waals surface area contributed by atoms with E-state index in [-0.39, 0.29) is 32.8 Å². The van der Waals surface area contributed by atoms with Gasteiger partial charge in [-0.15, -0.1) is 0 Å². The van der Waals surface area contributed by atoms with Gasteiger partial charge in [-0.25, -0.2) is 0 Å². The van der Waals surface area contributed by atoms with Crippen LogP contribution in [0.1, 0.15) is 48.0 Å². The van der Waals surface area contributed by atoms with Crippen LogP contribution >= 0.6 is 0 Å². The number of carbonyl (C=O) groups is 2. The van der Waals surface area contributed by atoms with E-state index < -0.39 is 5.97 Å². The molecule has 0 spiro atoms. The van der Waals surface area contributed by atoms with E-state index in [2.05, 4.69) is 16.1 Å². The van der Waals surface area contributed by atoms with Crippen molar-refractivity contribution in [3.05, 3.63) is 12.3 Å². The Balaban J connectivity index is -0.000000133. The molecule has 0 bridgehead atoms. The Morgan fingerprint density at radius 1 is 1.00 bits per heavy atom. The van der Waals surface area contributed by atoms with Crippen molar-refractivity contribution in [2.75, 3.05) is 26.4 Å². The zero-order valence-electron chi connectivity index (χ0n) is 13.9. The van der Waals surface area contributed by atoms with Crippen LogP contribution in [-0.2, 0) is 23.8 Å². The van der Waals surface area contributed by atoms with Crippen molar-refractivity contribution in [1.29, 1.82) is 5.26 Å². The maximum Gasteiger partial charge on any atom is 0.320 e. The van der Waals surface area contributed by atoms with Gasteiger partial charge in [0.15, 0.2) is 0 Å². The monoisotopic (exact) mass is 333 g/mol. The van der Waals surface area contributed by atoms with Crippen molar-refractivity contribution < 1.29 is 28.9 Å². The molecule has 0 fully saturated rings. The van der Waals surface area contributed by atoms with Crippen LogP contribution in [0.25, 0.3) is 0 Å². The minimum absolute atomic E-state index is 0. The fourth-order valence-electron chi connectivity index (χ4n) is 0.905. The molecule has 1 N–H and O–H groups in total. The number of rotatable bonds is 7. The lowest BCUT2D eigenvalue weighted by Crippen LogP contribution is -2.06. The number of esters is 2. The average Bonchev–Trinajstić information content (AvgIpc) is 2.41. The normalized spacial score (nSPS) is 7.65. The van der Waals surface area contributed by atoms with Crippen molar-refractivity contribution in [2.24, 2.45) is 0 Å². The third-order valence-electron chi connectivity index (χ3n) is 1.52. The summed E-state index contributed by atoms with van der Waals surface area (Å²) in [5, 5.41) is 15.5. The number of hydrogen-bond acceptors (Lipinski definition) is 7. The lowest BCUT2D eigenvalue weighted by Gasteiger charge is -2.05. The maximum atomic E-state index is 10.8. The standard InChI is InChI=1S/C8H14O3.C5H7NO2.C2H6O.CH4/c1-4-10-7(3)6-8(9)11-5-2;1-2-8-5(7)3-4-6;1-2-3;/h3-6H2,1-2H3;2-3H2,1H3;3H,2H2,1H3;1H4. The highest BCUT2D eigenvalue weighted by Gasteiger charge is 2.04. The fraction of sp³-hybridized carbons (Fsp3) is 0.688. The van der Waals surface area contributed by atoms with Crippen LogP contribution < -0.4 is 0 Å². The summed E-state index contributed by atoms with van der Waals surface area (Å²) in [6.45, 7) is 12.1. The molecule has 0 saturated carbocycles. The zero-order valence-corrected chi connectivity index (χ0v) is 13.9. The molecule has 23 heavy (non-hydrogen) atoms. The molecule has 0 amide bonds. The first-order chi connectivity index (χ1) is 10.4. The zero-order chi connectivity index (χ0) is 17.8. The molecule has 0 aromatic rings. The van der Waals surface area contributed by atoms with Crippen molar-refractivity contribution in [1.82, 2.24) is 0 Å². The topological polar surface area (TPSA) is 106 Å². The van der Waals surface area contributed by atoms with E-state index in [1.807, 2.05) is 6.92 Å². The number of aliphatic hydroxyl groups is 1. The minimum Gasteiger partial charge on any atom is -0.498 e. The molecular formula is C16H31NO6. The van der Waals surface area contributed by atoms with E-state index in [0.717, 1.165) is 0 Å². The second kappa shape index (κ2) is 24.9. The molecule has 0 aliphatic heterocycles. The third kappa shape index (κ3) is 33.0. The van der Waals surface area contributed by atoms with E-state index in [1.165, 1.54) is 0 Å². The number of nitrogens with zero attached hydrogens (tertiary/aromatic N) is 1. The molecule has 0 radical (unpaired) electrons. The highest BCUT2D eigenvalue weighted by Crippen LogP contribution is 2.00. The summed E-state index contributed by atoms with van der Waals surface area (Å²) in [5.41, 5.74) is 0. The van der Waals surface area contributed by atoms with Gasteiger partial charge in [0.05, 0.1) is 31.6 Å². The van der Waals surface area contributed by atoms with Gasteiger partial charge in [-0.1, -0.05) is 14.0 Å². The second-order valence-electron chi connectivity index (χ2n) is 3.41. The highest BCUT2D eigenvalue weighted by atomic mass is 16.5. The molecule has 0 heterocycles. The van der Waals surface area contributed by atoms with Gasteiger partial charge in [-0.3, -0.25) is 9.59 Å². The van der Waals surface area contributed by atoms with Crippen LogP contribution in [-0.4, -0.2) is 43.5 Å². The number of hydrogen-bond donors (Lipinski definition) is 1. The molecule has 0 saturated heterocycles. The summed E-state index contributed by atoms with van der Waals surface area (Å²) in [7, 11) is 0. The van der Waals surface area contributed by atoms with Gasteiger partial charge in [0.2, 0.25) is 0 Å². The maximum absolute atomic E-state index is 10.8. The number of carbonyl (C=O) groups excluding carboxylic acids is 2. The van der Waals surface area contributed by atoms with E-state index in [9.17, 15) is 9.59 Å². The van der Waals surface area contributed by atoms with Crippen molar-refractivity contribution in [3.8, 4) is 6.07 Å². The van der Waals surface area contributed by atoms with E-state index >= 15 is 0 Å². The molecule has 0 rings (SSSR count). The predicted octanol–water partition coefficient (Wildman–Crippen LogP) is 2.59. The second-order valence-corrected chi connectivity index (χ2v) is 3.41. The minimum atomic E-state index is -0.449. The predicted molar refractivity (Wildman–Crippen MR) is 88.4 cm³/mol. The molecule has 0 aromatic heterocycles. The molecule has 0 aliphatic rings. The van der Waals surface area contributed by atoms with Crippen LogP contribution in [0.2, 0.25) is 0 Å². The molecule has 136 valence electrons. The highest BCUT2D eigenvalue weighted by molar-refractivity contribution is 5.72. The van der Waals surface area contributed by atoms with Crippen molar-refractivity contribution in [3.63, 3.8) is 0 Å². The first-order valence-corrected chi connectivity index (χ1v) is 7.02. The molecule has 0 aromatic carbocycles. The van der Waals surface area contributed by atoms with Gasteiger partial charge in [-0.2, -0.15) is 5.26 Å². The Labute approximate surface area is 139 Å². The molecule has 7 nitrogen and oxygen atoms in total. The van der Waals surface area contributed by atoms with Crippen LogP contribution in [0.5, 0.6) is 0 Å². The van der Waals surface area contributed by atoms with E-state index in [0.29, 0.717) is 25.6 Å². The van der Waals surface area contributed by atoms with Crippen LogP contribution in [0.3, 0.4) is 0 Å². The van der Waals surface area contributed by atoms with Gasteiger partial charge < -0.3 is 19.3 Å². The molecule has 0 atom stereocenters. The molecular weight excluding hydrogens is 302 g/mol. The lowest BCUT2D eigenvalue weighted by atomic mass is 10.4. The summed E-state index contributed by atoms with van der Waals surface area (Å²) < 4.78 is 14.1. The van der Waals surface area contributed by atoms with E-state index in [1.54, 1.807) is 26.8 Å². The summed E-state index contributed by atoms with van der Waals surface area (Å²) in [6.07, 6.45) is 0.00944. The smallest absolute Gasteiger partial charge is 0.320 e. The van der Waals surface area contributed by atoms with E-state index in [4.69, 9.17) is 15.1 Å². The van der Waals surface area contributed by atoms with Gasteiger partial charge >= 0.3 is 11.9 Å². The largest absolute Gasteiger partial charge is 0.498 e. The van der Waals surface area contributed by atoms with Crippen LogP contribution in [0.4, 0.5) is 0 Å². The Kier molecular flexibility index (Phi) is 31.4. The Morgan fingerprint density at radius 2 is 1.39 bits per heavy atom. The quantitative estimate of drug-likeness (QED) is 0.563. The number of ether oxygens (including phenoxy) is 3. The summed E-state index contributed by atoms with van der Waals surface area (Å²) in [4.78, 5) is 21.0. The third-order valence-corrected chi connectivity index (χ3v) is 1.52. The van der Waals surface area contributed by atoms with Gasteiger partial charge in [0.25, 0.3) is 0 Å².